The van der Waals surface area contributed by atoms with Gasteiger partial charge < -0.3 is 19.5 Å². The second-order valence-corrected chi connectivity index (χ2v) is 8.38. The molecule has 158 valence electrons. The van der Waals surface area contributed by atoms with E-state index in [0.29, 0.717) is 18.8 Å². The van der Waals surface area contributed by atoms with Crippen LogP contribution >= 0.6 is 0 Å². The van der Waals surface area contributed by atoms with Crippen LogP contribution in [-0.2, 0) is 15.9 Å². The molecule has 1 aromatic heterocycles. The number of aryl methyl sites for hydroxylation is 1. The van der Waals surface area contributed by atoms with E-state index in [0.717, 1.165) is 35.7 Å². The number of ether oxygens (including phenoxy) is 3. The SMILES string of the molecule is COc1cnc2ccc(F)cc2c1CC[C@H]1CC[C@@H](NC(=O)OC(C)(C)C)CO1. The molecule has 1 amide bonds. The number of methoxy groups -OCH3 is 1. The van der Waals surface area contributed by atoms with Crippen LogP contribution in [0.3, 0.4) is 0 Å². The second kappa shape index (κ2) is 8.95. The summed E-state index contributed by atoms with van der Waals surface area (Å²) in [4.78, 5) is 16.2. The summed E-state index contributed by atoms with van der Waals surface area (Å²) in [7, 11) is 1.59. The van der Waals surface area contributed by atoms with Crippen LogP contribution in [0.1, 0.15) is 45.6 Å². The zero-order chi connectivity index (χ0) is 21.0. The summed E-state index contributed by atoms with van der Waals surface area (Å²) < 4.78 is 30.5. The number of nitrogens with one attached hydrogen (secondary N) is 1. The van der Waals surface area contributed by atoms with Gasteiger partial charge in [0.1, 0.15) is 17.2 Å². The highest BCUT2D eigenvalue weighted by Gasteiger charge is 2.25. The summed E-state index contributed by atoms with van der Waals surface area (Å²) in [5.74, 6) is 0.363. The minimum atomic E-state index is -0.520. The van der Waals surface area contributed by atoms with Crippen LogP contribution < -0.4 is 10.1 Å². The first-order valence-electron chi connectivity index (χ1n) is 9.97. The summed E-state index contributed by atoms with van der Waals surface area (Å²) in [6.45, 7) is 5.96. The lowest BCUT2D eigenvalue weighted by atomic mass is 9.97. The number of amides is 1. The molecule has 0 spiro atoms. The third-order valence-corrected chi connectivity index (χ3v) is 4.93. The molecule has 1 fully saturated rings. The number of pyridine rings is 1. The van der Waals surface area contributed by atoms with Gasteiger partial charge in [0.25, 0.3) is 0 Å². The molecule has 2 heterocycles. The lowest BCUT2D eigenvalue weighted by Crippen LogP contribution is -2.44. The lowest BCUT2D eigenvalue weighted by molar-refractivity contribution is -0.0114. The number of hydrogen-bond acceptors (Lipinski definition) is 5. The van der Waals surface area contributed by atoms with Gasteiger partial charge in [0, 0.05) is 10.9 Å². The number of carbonyl (C=O) groups excluding carboxylic acids is 1. The highest BCUT2D eigenvalue weighted by Crippen LogP contribution is 2.29. The van der Waals surface area contributed by atoms with Gasteiger partial charge in [0.2, 0.25) is 0 Å². The van der Waals surface area contributed by atoms with E-state index in [1.165, 1.54) is 12.1 Å². The Balaban J connectivity index is 1.57. The zero-order valence-electron chi connectivity index (χ0n) is 17.5. The largest absolute Gasteiger partial charge is 0.495 e. The molecule has 0 saturated carbocycles. The Bertz CT molecular complexity index is 858. The number of hydrogen-bond donors (Lipinski definition) is 1. The number of halogens is 1. The van der Waals surface area contributed by atoms with Crippen molar-refractivity contribution in [2.75, 3.05) is 13.7 Å². The zero-order valence-corrected chi connectivity index (χ0v) is 17.5. The molecular formula is C22H29FN2O4. The molecule has 1 aromatic carbocycles. The molecule has 0 bridgehead atoms. The summed E-state index contributed by atoms with van der Waals surface area (Å²) in [6.07, 6.45) is 4.48. The van der Waals surface area contributed by atoms with Crippen molar-refractivity contribution in [3.63, 3.8) is 0 Å². The molecule has 1 aliphatic heterocycles. The van der Waals surface area contributed by atoms with Crippen molar-refractivity contribution in [3.05, 3.63) is 35.8 Å². The first kappa shape index (κ1) is 21.3. The highest BCUT2D eigenvalue weighted by molar-refractivity contribution is 5.84. The third kappa shape index (κ3) is 5.79. The van der Waals surface area contributed by atoms with E-state index >= 15 is 0 Å². The van der Waals surface area contributed by atoms with Gasteiger partial charge in [-0.05, 0) is 64.7 Å². The molecule has 2 atom stereocenters. The topological polar surface area (TPSA) is 69.7 Å². The van der Waals surface area contributed by atoms with E-state index in [2.05, 4.69) is 10.3 Å². The van der Waals surface area contributed by atoms with Crippen molar-refractivity contribution in [1.82, 2.24) is 10.3 Å². The summed E-state index contributed by atoms with van der Waals surface area (Å²) in [6, 6.07) is 4.54. The predicted octanol–water partition coefficient (Wildman–Crippen LogP) is 4.39. The van der Waals surface area contributed by atoms with Gasteiger partial charge in [-0.3, -0.25) is 4.98 Å². The van der Waals surface area contributed by atoms with Gasteiger partial charge in [-0.2, -0.15) is 0 Å². The lowest BCUT2D eigenvalue weighted by Gasteiger charge is -2.30. The highest BCUT2D eigenvalue weighted by atomic mass is 19.1. The van der Waals surface area contributed by atoms with E-state index in [9.17, 15) is 9.18 Å². The normalized spacial score (nSPS) is 19.8. The molecule has 7 heteroatoms. The van der Waals surface area contributed by atoms with Crippen LogP contribution in [-0.4, -0.2) is 42.5 Å². The fraction of sp³-hybridized carbons (Fsp3) is 0.545. The molecular weight excluding hydrogens is 375 g/mol. The fourth-order valence-electron chi connectivity index (χ4n) is 3.56. The summed E-state index contributed by atoms with van der Waals surface area (Å²) in [5.41, 5.74) is 1.16. The number of alkyl carbamates (subject to hydrolysis) is 1. The fourth-order valence-corrected chi connectivity index (χ4v) is 3.56. The van der Waals surface area contributed by atoms with Gasteiger partial charge in [-0.15, -0.1) is 0 Å². The Morgan fingerprint density at radius 1 is 1.34 bits per heavy atom. The maximum atomic E-state index is 13.8. The number of rotatable bonds is 5. The van der Waals surface area contributed by atoms with Gasteiger partial charge >= 0.3 is 6.09 Å². The van der Waals surface area contributed by atoms with E-state index in [1.807, 2.05) is 20.8 Å². The maximum absolute atomic E-state index is 13.8. The standard InChI is InChI=1S/C22H29FN2O4/c1-22(2,3)29-21(26)25-15-6-7-16(28-13-15)8-9-17-18-11-14(23)5-10-19(18)24-12-20(17)27-4/h5,10-12,15-16H,6-9,13H2,1-4H3,(H,25,26)/t15-,16-/m1/s1. The van der Waals surface area contributed by atoms with Crippen molar-refractivity contribution in [1.29, 1.82) is 0 Å². The van der Waals surface area contributed by atoms with Crippen LogP contribution in [0.4, 0.5) is 9.18 Å². The Hall–Kier alpha value is -2.41. The minimum Gasteiger partial charge on any atom is -0.495 e. The number of benzene rings is 1. The van der Waals surface area contributed by atoms with E-state index in [-0.39, 0.29) is 18.0 Å². The summed E-state index contributed by atoms with van der Waals surface area (Å²) >= 11 is 0. The van der Waals surface area contributed by atoms with Crippen LogP contribution in [0, 0.1) is 5.82 Å². The molecule has 0 unspecified atom stereocenters. The van der Waals surface area contributed by atoms with Gasteiger partial charge in [-0.25, -0.2) is 9.18 Å². The van der Waals surface area contributed by atoms with Crippen molar-refractivity contribution < 1.29 is 23.4 Å². The molecule has 1 saturated heterocycles. The monoisotopic (exact) mass is 404 g/mol. The van der Waals surface area contributed by atoms with Crippen LogP contribution in [0.15, 0.2) is 24.4 Å². The molecule has 1 aliphatic rings. The first-order valence-corrected chi connectivity index (χ1v) is 9.97. The quantitative estimate of drug-likeness (QED) is 0.801. The van der Waals surface area contributed by atoms with Gasteiger partial charge in [0.15, 0.2) is 0 Å². The average Bonchev–Trinajstić information content (AvgIpc) is 2.65. The van der Waals surface area contributed by atoms with Crippen molar-refractivity contribution in [2.24, 2.45) is 0 Å². The van der Waals surface area contributed by atoms with E-state index < -0.39 is 11.7 Å². The Kier molecular flexibility index (Phi) is 6.57. The molecule has 29 heavy (non-hydrogen) atoms. The summed E-state index contributed by atoms with van der Waals surface area (Å²) in [5, 5.41) is 3.63. The smallest absolute Gasteiger partial charge is 0.407 e. The minimum absolute atomic E-state index is 0.0495. The van der Waals surface area contributed by atoms with Crippen LogP contribution in [0.5, 0.6) is 5.75 Å². The molecule has 3 rings (SSSR count). The van der Waals surface area contributed by atoms with Crippen molar-refractivity contribution in [2.45, 2.75) is 64.2 Å². The van der Waals surface area contributed by atoms with E-state index in [1.54, 1.807) is 19.4 Å². The average molecular weight is 404 g/mol. The predicted molar refractivity (Wildman–Crippen MR) is 109 cm³/mol. The maximum Gasteiger partial charge on any atom is 0.407 e. The van der Waals surface area contributed by atoms with Crippen LogP contribution in [0.2, 0.25) is 0 Å². The molecule has 0 radical (unpaired) electrons. The van der Waals surface area contributed by atoms with E-state index in [4.69, 9.17) is 14.2 Å². The first-order chi connectivity index (χ1) is 13.7. The van der Waals surface area contributed by atoms with Crippen molar-refractivity contribution >= 4 is 17.0 Å². The molecule has 6 nitrogen and oxygen atoms in total. The van der Waals surface area contributed by atoms with Crippen LogP contribution in [0.25, 0.3) is 10.9 Å². The Morgan fingerprint density at radius 3 is 2.79 bits per heavy atom. The Morgan fingerprint density at radius 2 is 2.14 bits per heavy atom. The molecule has 2 aromatic rings. The number of nitrogens with zero attached hydrogens (tertiary/aromatic N) is 1. The van der Waals surface area contributed by atoms with Gasteiger partial charge in [0.05, 0.1) is 37.6 Å². The number of carbonyl (C=O) groups is 1. The third-order valence-electron chi connectivity index (χ3n) is 4.93. The number of fused-ring (bicyclic) bond motifs is 1. The number of aromatic nitrogens is 1. The molecule has 1 N–H and O–H groups in total. The van der Waals surface area contributed by atoms with Gasteiger partial charge in [-0.1, -0.05) is 0 Å². The molecule has 0 aliphatic carbocycles. The second-order valence-electron chi connectivity index (χ2n) is 8.38. The van der Waals surface area contributed by atoms with Crippen molar-refractivity contribution in [3.8, 4) is 5.75 Å². The Labute approximate surface area is 170 Å².